The lowest BCUT2D eigenvalue weighted by molar-refractivity contribution is -0.147. The highest BCUT2D eigenvalue weighted by Gasteiger charge is 2.46. The van der Waals surface area contributed by atoms with Gasteiger partial charge in [0.25, 0.3) is 5.91 Å². The van der Waals surface area contributed by atoms with Crippen LogP contribution in [0.15, 0.2) is 24.3 Å². The van der Waals surface area contributed by atoms with E-state index in [1.54, 1.807) is 29.2 Å². The topological polar surface area (TPSA) is 78.5 Å². The number of nitrogens with one attached hydrogen (secondary N) is 2. The van der Waals surface area contributed by atoms with E-state index in [0.717, 1.165) is 0 Å². The highest BCUT2D eigenvalue weighted by atomic mass is 35.5. The number of halogens is 1. The van der Waals surface area contributed by atoms with Gasteiger partial charge in [0.05, 0.1) is 10.6 Å². The van der Waals surface area contributed by atoms with Crippen LogP contribution in [0.4, 0.5) is 0 Å². The Morgan fingerprint density at radius 2 is 2.08 bits per heavy atom. The molecular weight excluding hydrogens is 342 g/mol. The fourth-order valence-electron chi connectivity index (χ4n) is 3.50. The quantitative estimate of drug-likeness (QED) is 0.852. The first-order valence-corrected chi connectivity index (χ1v) is 8.91. The third-order valence-corrected chi connectivity index (χ3v) is 4.99. The van der Waals surface area contributed by atoms with Gasteiger partial charge in [-0.3, -0.25) is 14.4 Å². The molecule has 0 aliphatic carbocycles. The van der Waals surface area contributed by atoms with Crippen molar-refractivity contribution in [2.45, 2.75) is 44.8 Å². The molecular formula is C18H22ClN3O3. The van der Waals surface area contributed by atoms with E-state index >= 15 is 0 Å². The van der Waals surface area contributed by atoms with Crippen LogP contribution in [0.25, 0.3) is 0 Å². The summed E-state index contributed by atoms with van der Waals surface area (Å²) in [6, 6.07) is 5.56. The number of nitrogens with zero attached hydrogens (tertiary/aromatic N) is 1. The van der Waals surface area contributed by atoms with Crippen molar-refractivity contribution >= 4 is 29.3 Å². The van der Waals surface area contributed by atoms with E-state index in [2.05, 4.69) is 10.6 Å². The molecule has 6 nitrogen and oxygen atoms in total. The summed E-state index contributed by atoms with van der Waals surface area (Å²) in [4.78, 5) is 39.0. The first-order valence-electron chi connectivity index (χ1n) is 8.53. The number of carbonyl (C=O) groups is 3. The molecule has 2 fully saturated rings. The van der Waals surface area contributed by atoms with Gasteiger partial charge in [0, 0.05) is 12.6 Å². The summed E-state index contributed by atoms with van der Waals surface area (Å²) >= 11 is 6.05. The van der Waals surface area contributed by atoms with Gasteiger partial charge >= 0.3 is 0 Å². The van der Waals surface area contributed by atoms with Gasteiger partial charge in [-0.25, -0.2) is 0 Å². The molecule has 2 saturated heterocycles. The lowest BCUT2D eigenvalue weighted by Gasteiger charge is -2.35. The molecule has 0 unspecified atom stereocenters. The predicted molar refractivity (Wildman–Crippen MR) is 94.2 cm³/mol. The van der Waals surface area contributed by atoms with E-state index in [1.165, 1.54) is 0 Å². The fourth-order valence-corrected chi connectivity index (χ4v) is 3.72. The van der Waals surface area contributed by atoms with Crippen LogP contribution < -0.4 is 10.6 Å². The van der Waals surface area contributed by atoms with Crippen molar-refractivity contribution in [3.8, 4) is 0 Å². The summed E-state index contributed by atoms with van der Waals surface area (Å²) in [7, 11) is 0. The molecule has 0 saturated carbocycles. The van der Waals surface area contributed by atoms with E-state index in [0.29, 0.717) is 35.9 Å². The highest BCUT2D eigenvalue weighted by Crippen LogP contribution is 2.25. The largest absolute Gasteiger partial charge is 0.347 e. The zero-order valence-corrected chi connectivity index (χ0v) is 15.0. The number of fused-ring (bicyclic) bond motifs is 1. The van der Waals surface area contributed by atoms with Crippen molar-refractivity contribution in [3.05, 3.63) is 34.9 Å². The molecule has 7 heteroatoms. The third kappa shape index (κ3) is 3.63. The zero-order chi connectivity index (χ0) is 18.1. The Morgan fingerprint density at radius 3 is 2.76 bits per heavy atom. The Kier molecular flexibility index (Phi) is 4.99. The smallest absolute Gasteiger partial charge is 0.253 e. The molecule has 2 aliphatic heterocycles. The number of amides is 3. The van der Waals surface area contributed by atoms with Crippen LogP contribution in [-0.4, -0.2) is 47.3 Å². The fraction of sp³-hybridized carbons (Fsp3) is 0.500. The maximum atomic E-state index is 12.6. The van der Waals surface area contributed by atoms with Crippen LogP contribution in [0.1, 0.15) is 37.0 Å². The minimum Gasteiger partial charge on any atom is -0.347 e. The molecule has 2 aliphatic rings. The summed E-state index contributed by atoms with van der Waals surface area (Å²) in [6.07, 6.45) is 1.03. The first kappa shape index (κ1) is 17.7. The molecule has 0 aromatic heterocycles. The summed E-state index contributed by atoms with van der Waals surface area (Å²) in [6.45, 7) is 4.38. The SMILES string of the molecule is CC(C)C[C@@H]1NC(=O)[C@@H]2C[C@H](NC(=O)c3ccccc3Cl)CN2C1=O. The molecule has 0 bridgehead atoms. The van der Waals surface area contributed by atoms with Gasteiger partial charge < -0.3 is 15.5 Å². The Morgan fingerprint density at radius 1 is 1.36 bits per heavy atom. The van der Waals surface area contributed by atoms with Crippen molar-refractivity contribution in [1.29, 1.82) is 0 Å². The molecule has 1 aromatic rings. The van der Waals surface area contributed by atoms with Crippen molar-refractivity contribution in [3.63, 3.8) is 0 Å². The van der Waals surface area contributed by atoms with Gasteiger partial charge in [-0.2, -0.15) is 0 Å². The molecule has 2 heterocycles. The van der Waals surface area contributed by atoms with Crippen molar-refractivity contribution < 1.29 is 14.4 Å². The maximum Gasteiger partial charge on any atom is 0.253 e. The molecule has 25 heavy (non-hydrogen) atoms. The molecule has 3 amide bonds. The summed E-state index contributed by atoms with van der Waals surface area (Å²) in [5, 5.41) is 6.09. The van der Waals surface area contributed by atoms with E-state index in [4.69, 9.17) is 11.6 Å². The van der Waals surface area contributed by atoms with Gasteiger partial charge in [-0.05, 0) is 30.9 Å². The van der Waals surface area contributed by atoms with Crippen molar-refractivity contribution in [2.75, 3.05) is 6.54 Å². The number of hydrogen-bond acceptors (Lipinski definition) is 3. The van der Waals surface area contributed by atoms with E-state index in [9.17, 15) is 14.4 Å². The Bertz CT molecular complexity index is 707. The molecule has 3 rings (SSSR count). The average molecular weight is 364 g/mol. The minimum atomic E-state index is -0.507. The van der Waals surface area contributed by atoms with Crippen LogP contribution in [0.2, 0.25) is 5.02 Å². The van der Waals surface area contributed by atoms with Crippen LogP contribution in [0.5, 0.6) is 0 Å². The van der Waals surface area contributed by atoms with Crippen LogP contribution in [0.3, 0.4) is 0 Å². The second-order valence-electron chi connectivity index (χ2n) is 7.08. The van der Waals surface area contributed by atoms with Crippen molar-refractivity contribution in [1.82, 2.24) is 15.5 Å². The zero-order valence-electron chi connectivity index (χ0n) is 14.3. The maximum absolute atomic E-state index is 12.6. The number of carbonyl (C=O) groups excluding carboxylic acids is 3. The van der Waals surface area contributed by atoms with Crippen LogP contribution >= 0.6 is 11.6 Å². The Hall–Kier alpha value is -2.08. The van der Waals surface area contributed by atoms with E-state index in [-0.39, 0.29) is 23.8 Å². The predicted octanol–water partition coefficient (Wildman–Crippen LogP) is 1.58. The molecule has 3 atom stereocenters. The number of benzene rings is 1. The highest BCUT2D eigenvalue weighted by molar-refractivity contribution is 6.33. The third-order valence-electron chi connectivity index (χ3n) is 4.66. The molecule has 0 radical (unpaired) electrons. The van der Waals surface area contributed by atoms with E-state index in [1.807, 2.05) is 13.8 Å². The Labute approximate surface area is 151 Å². The molecule has 2 N–H and O–H groups in total. The number of rotatable bonds is 4. The van der Waals surface area contributed by atoms with Gasteiger partial charge in [-0.1, -0.05) is 37.6 Å². The van der Waals surface area contributed by atoms with Crippen LogP contribution in [0, 0.1) is 5.92 Å². The van der Waals surface area contributed by atoms with Crippen LogP contribution in [-0.2, 0) is 9.59 Å². The van der Waals surface area contributed by atoms with Gasteiger partial charge in [0.1, 0.15) is 12.1 Å². The summed E-state index contributed by atoms with van der Waals surface area (Å²) < 4.78 is 0. The Balaban J connectivity index is 1.68. The molecule has 1 aromatic carbocycles. The average Bonchev–Trinajstić information content (AvgIpc) is 2.97. The number of piperazine rings is 1. The lowest BCUT2D eigenvalue weighted by atomic mass is 9.99. The molecule has 0 spiro atoms. The summed E-state index contributed by atoms with van der Waals surface area (Å²) in [5.74, 6) is -0.182. The number of hydrogen-bond donors (Lipinski definition) is 2. The second kappa shape index (κ2) is 7.04. The first-order chi connectivity index (χ1) is 11.9. The lowest BCUT2D eigenvalue weighted by Crippen LogP contribution is -2.61. The second-order valence-corrected chi connectivity index (χ2v) is 7.49. The van der Waals surface area contributed by atoms with Gasteiger partial charge in [0.15, 0.2) is 0 Å². The standard InChI is InChI=1S/C18H22ClN3O3/c1-10(2)7-14-18(25)22-9-11(8-15(22)17(24)21-14)20-16(23)12-5-3-4-6-13(12)19/h3-6,10-11,14-15H,7-9H2,1-2H3,(H,20,23)(H,21,24)/t11-,14-,15-/m0/s1. The minimum absolute atomic E-state index is 0.0622. The van der Waals surface area contributed by atoms with E-state index < -0.39 is 12.1 Å². The monoisotopic (exact) mass is 363 g/mol. The van der Waals surface area contributed by atoms with Gasteiger partial charge in [0.2, 0.25) is 11.8 Å². The van der Waals surface area contributed by atoms with Gasteiger partial charge in [-0.15, -0.1) is 0 Å². The van der Waals surface area contributed by atoms with Crippen molar-refractivity contribution in [2.24, 2.45) is 5.92 Å². The normalized spacial score (nSPS) is 25.8. The molecule has 134 valence electrons. The summed E-state index contributed by atoms with van der Waals surface area (Å²) in [5.41, 5.74) is 0.391.